The summed E-state index contributed by atoms with van der Waals surface area (Å²) >= 11 is 0. The van der Waals surface area contributed by atoms with Gasteiger partial charge in [-0.25, -0.2) is 9.38 Å². The van der Waals surface area contributed by atoms with Crippen molar-refractivity contribution >= 4 is 22.8 Å². The molecule has 4 rings (SSSR count). The molecule has 1 atom stereocenters. The zero-order chi connectivity index (χ0) is 18.3. The van der Waals surface area contributed by atoms with Crippen molar-refractivity contribution in [2.45, 2.75) is 32.7 Å². The summed E-state index contributed by atoms with van der Waals surface area (Å²) in [5, 5.41) is 3.45. The fourth-order valence-corrected chi connectivity index (χ4v) is 3.59. The van der Waals surface area contributed by atoms with Gasteiger partial charge in [-0.1, -0.05) is 19.1 Å². The number of nitrogens with one attached hydrogen (secondary N) is 1. The number of likely N-dealkylation sites (N-methyl/N-ethyl adjacent to an activating group) is 1. The maximum Gasteiger partial charge on any atom is 0.125 e. The zero-order valence-corrected chi connectivity index (χ0v) is 15.5. The number of halogens is 1. The fourth-order valence-electron chi connectivity index (χ4n) is 3.59. The van der Waals surface area contributed by atoms with Crippen LogP contribution in [0.1, 0.15) is 31.4 Å². The molecule has 26 heavy (non-hydrogen) atoms. The van der Waals surface area contributed by atoms with Crippen LogP contribution >= 0.6 is 0 Å². The molecule has 2 heterocycles. The lowest BCUT2D eigenvalue weighted by atomic mass is 9.92. The van der Waals surface area contributed by atoms with Gasteiger partial charge in [0.1, 0.15) is 5.82 Å². The molecular weight excluding hydrogens is 325 g/mol. The van der Waals surface area contributed by atoms with Crippen LogP contribution in [-0.4, -0.2) is 30.2 Å². The van der Waals surface area contributed by atoms with Crippen molar-refractivity contribution in [2.24, 2.45) is 4.99 Å². The van der Waals surface area contributed by atoms with Gasteiger partial charge >= 0.3 is 0 Å². The summed E-state index contributed by atoms with van der Waals surface area (Å²) in [4.78, 5) is 7.26. The predicted octanol–water partition coefficient (Wildman–Crippen LogP) is 5.22. The van der Waals surface area contributed by atoms with Crippen molar-refractivity contribution in [3.8, 4) is 0 Å². The first-order valence-corrected chi connectivity index (χ1v) is 9.25. The topological polar surface area (TPSA) is 27.6 Å². The Hall–Kier alpha value is -2.46. The molecule has 2 aromatic rings. The highest BCUT2D eigenvalue weighted by Gasteiger charge is 2.24. The van der Waals surface area contributed by atoms with Crippen LogP contribution in [0.25, 0.3) is 0 Å². The minimum atomic E-state index is -0.264. The molecule has 2 aromatic carbocycles. The van der Waals surface area contributed by atoms with Crippen molar-refractivity contribution < 1.29 is 4.39 Å². The summed E-state index contributed by atoms with van der Waals surface area (Å²) in [6.07, 6.45) is 4.20. The first kappa shape index (κ1) is 17.0. The number of fused-ring (bicyclic) bond motifs is 2. The molecule has 2 aliphatic rings. The Morgan fingerprint density at radius 1 is 1.19 bits per heavy atom. The van der Waals surface area contributed by atoms with Crippen LogP contribution in [-0.2, 0) is 6.42 Å². The number of hydrogen-bond acceptors (Lipinski definition) is 3. The Kier molecular flexibility index (Phi) is 4.37. The van der Waals surface area contributed by atoms with E-state index in [9.17, 15) is 4.39 Å². The largest absolute Gasteiger partial charge is 0.353 e. The molecule has 0 unspecified atom stereocenters. The third-order valence-corrected chi connectivity index (χ3v) is 5.38. The molecular formula is C22H24FN3. The highest BCUT2D eigenvalue weighted by Crippen LogP contribution is 2.37. The molecule has 0 saturated heterocycles. The molecule has 134 valence electrons. The van der Waals surface area contributed by atoms with Gasteiger partial charge in [-0.2, -0.15) is 0 Å². The molecule has 0 saturated carbocycles. The molecule has 0 radical (unpaired) electrons. The predicted molar refractivity (Wildman–Crippen MR) is 106 cm³/mol. The number of aliphatic imine (C=N–C) groups is 1. The van der Waals surface area contributed by atoms with Crippen molar-refractivity contribution in [2.75, 3.05) is 18.9 Å². The number of hydrogen-bond donors (Lipinski definition) is 1. The van der Waals surface area contributed by atoms with E-state index in [0.29, 0.717) is 11.7 Å². The summed E-state index contributed by atoms with van der Waals surface area (Å²) in [7, 11) is 2.14. The molecule has 0 fully saturated rings. The SMILES string of the molecule is CCc1ccc2c(c1)C(C1=C[C@H](C)N(C)CC1)=Nc1cc(F)ccc1N2. The van der Waals surface area contributed by atoms with Crippen LogP contribution in [0.5, 0.6) is 0 Å². The second kappa shape index (κ2) is 6.69. The molecule has 3 nitrogen and oxygen atoms in total. The van der Waals surface area contributed by atoms with Gasteiger partial charge in [0.05, 0.1) is 17.1 Å². The van der Waals surface area contributed by atoms with Crippen LogP contribution in [0.15, 0.2) is 53.0 Å². The number of aryl methyl sites for hydroxylation is 1. The van der Waals surface area contributed by atoms with Crippen LogP contribution in [0.3, 0.4) is 0 Å². The Labute approximate surface area is 154 Å². The van der Waals surface area contributed by atoms with E-state index < -0.39 is 0 Å². The summed E-state index contributed by atoms with van der Waals surface area (Å²) in [6.45, 7) is 5.35. The maximum absolute atomic E-state index is 13.8. The van der Waals surface area contributed by atoms with Gasteiger partial charge in [0.15, 0.2) is 0 Å². The average Bonchev–Trinajstić information content (AvgIpc) is 2.80. The third-order valence-electron chi connectivity index (χ3n) is 5.38. The fraction of sp³-hybridized carbons (Fsp3) is 0.318. The second-order valence-electron chi connectivity index (χ2n) is 7.14. The van der Waals surface area contributed by atoms with Crippen molar-refractivity contribution in [1.29, 1.82) is 0 Å². The quantitative estimate of drug-likeness (QED) is 0.805. The Bertz CT molecular complexity index is 914. The molecule has 0 spiro atoms. The van der Waals surface area contributed by atoms with Crippen LogP contribution in [0.4, 0.5) is 21.5 Å². The molecule has 4 heteroatoms. The summed E-state index contributed by atoms with van der Waals surface area (Å²) < 4.78 is 13.8. The van der Waals surface area contributed by atoms with Crippen LogP contribution in [0.2, 0.25) is 0 Å². The molecule has 0 aromatic heterocycles. The van der Waals surface area contributed by atoms with E-state index in [0.717, 1.165) is 42.0 Å². The maximum atomic E-state index is 13.8. The number of anilines is 2. The standard InChI is InChI=1S/C22H24FN3/c1-4-15-5-7-19-18(12-15)22(16-9-10-26(3)14(2)11-16)25-21-13-17(23)6-8-20(21)24-19/h5-8,11-14,24H,4,9-10H2,1-3H3/t14-/m0/s1. The summed E-state index contributed by atoms with van der Waals surface area (Å²) in [5.74, 6) is -0.264. The highest BCUT2D eigenvalue weighted by molar-refractivity contribution is 6.18. The zero-order valence-electron chi connectivity index (χ0n) is 15.5. The molecule has 0 bridgehead atoms. The first-order chi connectivity index (χ1) is 12.5. The normalized spacial score (nSPS) is 19.6. The molecule has 0 amide bonds. The lowest BCUT2D eigenvalue weighted by Crippen LogP contribution is -2.33. The smallest absolute Gasteiger partial charge is 0.125 e. The van der Waals surface area contributed by atoms with E-state index in [4.69, 9.17) is 4.99 Å². The van der Waals surface area contributed by atoms with E-state index in [2.05, 4.69) is 55.4 Å². The second-order valence-corrected chi connectivity index (χ2v) is 7.14. The minimum absolute atomic E-state index is 0.264. The first-order valence-electron chi connectivity index (χ1n) is 9.25. The Morgan fingerprint density at radius 3 is 2.77 bits per heavy atom. The average molecular weight is 349 g/mol. The van der Waals surface area contributed by atoms with Crippen LogP contribution in [0, 0.1) is 5.82 Å². The highest BCUT2D eigenvalue weighted by atomic mass is 19.1. The Morgan fingerprint density at radius 2 is 2.00 bits per heavy atom. The summed E-state index contributed by atoms with van der Waals surface area (Å²) in [6, 6.07) is 11.6. The van der Waals surface area contributed by atoms with E-state index in [1.165, 1.54) is 23.3 Å². The van der Waals surface area contributed by atoms with Crippen molar-refractivity contribution in [3.05, 3.63) is 65.0 Å². The van der Waals surface area contributed by atoms with E-state index in [-0.39, 0.29) is 5.82 Å². The number of benzene rings is 2. The molecule has 2 aliphatic heterocycles. The number of rotatable bonds is 2. The van der Waals surface area contributed by atoms with Gasteiger partial charge in [-0.15, -0.1) is 0 Å². The third kappa shape index (κ3) is 3.06. The van der Waals surface area contributed by atoms with Gasteiger partial charge in [0.2, 0.25) is 0 Å². The van der Waals surface area contributed by atoms with Gasteiger partial charge in [-0.3, -0.25) is 4.90 Å². The van der Waals surface area contributed by atoms with Crippen molar-refractivity contribution in [3.63, 3.8) is 0 Å². The molecule has 0 aliphatic carbocycles. The Balaban J connectivity index is 1.92. The van der Waals surface area contributed by atoms with Crippen molar-refractivity contribution in [1.82, 2.24) is 4.90 Å². The van der Waals surface area contributed by atoms with E-state index in [1.54, 1.807) is 6.07 Å². The van der Waals surface area contributed by atoms with Crippen LogP contribution < -0.4 is 5.32 Å². The van der Waals surface area contributed by atoms with Gasteiger partial charge in [0, 0.05) is 29.9 Å². The lowest BCUT2D eigenvalue weighted by Gasteiger charge is -2.29. The van der Waals surface area contributed by atoms with Gasteiger partial charge < -0.3 is 5.32 Å². The minimum Gasteiger partial charge on any atom is -0.353 e. The van der Waals surface area contributed by atoms with Gasteiger partial charge in [-0.05, 0) is 62.2 Å². The van der Waals surface area contributed by atoms with E-state index >= 15 is 0 Å². The number of nitrogens with zero attached hydrogens (tertiary/aromatic N) is 2. The lowest BCUT2D eigenvalue weighted by molar-refractivity contribution is 0.288. The monoisotopic (exact) mass is 349 g/mol. The summed E-state index contributed by atoms with van der Waals surface area (Å²) in [5.41, 5.74) is 7.10. The molecule has 1 N–H and O–H groups in total. The van der Waals surface area contributed by atoms with E-state index in [1.807, 2.05) is 0 Å². The van der Waals surface area contributed by atoms with Gasteiger partial charge in [0.25, 0.3) is 0 Å².